The minimum Gasteiger partial charge on any atom is -0.385 e. The highest BCUT2D eigenvalue weighted by Gasteiger charge is 2.08. The van der Waals surface area contributed by atoms with Gasteiger partial charge >= 0.3 is 0 Å². The zero-order valence-corrected chi connectivity index (χ0v) is 10.9. The molecule has 3 heteroatoms. The molecule has 0 bridgehead atoms. The SMILES string of the molecule is CC[C@H](N)c1ccccc1SCCCOC. The van der Waals surface area contributed by atoms with Crippen molar-refractivity contribution in [3.05, 3.63) is 29.8 Å². The van der Waals surface area contributed by atoms with Crippen molar-refractivity contribution in [3.63, 3.8) is 0 Å². The lowest BCUT2D eigenvalue weighted by Crippen LogP contribution is -2.09. The van der Waals surface area contributed by atoms with Crippen LogP contribution in [0.25, 0.3) is 0 Å². The highest BCUT2D eigenvalue weighted by Crippen LogP contribution is 2.28. The molecule has 0 spiro atoms. The van der Waals surface area contributed by atoms with E-state index in [0.717, 1.165) is 25.2 Å². The van der Waals surface area contributed by atoms with Gasteiger partial charge in [0, 0.05) is 30.4 Å². The summed E-state index contributed by atoms with van der Waals surface area (Å²) in [6.45, 7) is 2.95. The van der Waals surface area contributed by atoms with Gasteiger partial charge in [-0.15, -0.1) is 11.8 Å². The van der Waals surface area contributed by atoms with E-state index >= 15 is 0 Å². The van der Waals surface area contributed by atoms with Gasteiger partial charge in [-0.25, -0.2) is 0 Å². The topological polar surface area (TPSA) is 35.2 Å². The lowest BCUT2D eigenvalue weighted by atomic mass is 10.1. The van der Waals surface area contributed by atoms with Gasteiger partial charge in [0.2, 0.25) is 0 Å². The van der Waals surface area contributed by atoms with Crippen LogP contribution in [0, 0.1) is 0 Å². The normalized spacial score (nSPS) is 12.7. The van der Waals surface area contributed by atoms with Gasteiger partial charge in [-0.05, 0) is 24.5 Å². The first-order valence-corrected chi connectivity index (χ1v) is 6.74. The summed E-state index contributed by atoms with van der Waals surface area (Å²) in [5.41, 5.74) is 7.36. The molecule has 0 fully saturated rings. The third kappa shape index (κ3) is 4.16. The molecule has 0 heterocycles. The molecule has 90 valence electrons. The van der Waals surface area contributed by atoms with Gasteiger partial charge in [-0.3, -0.25) is 0 Å². The van der Waals surface area contributed by atoms with Crippen LogP contribution in [0.4, 0.5) is 0 Å². The number of nitrogens with two attached hydrogens (primary N) is 1. The van der Waals surface area contributed by atoms with Gasteiger partial charge in [0.15, 0.2) is 0 Å². The first-order chi connectivity index (χ1) is 7.79. The molecule has 0 radical (unpaired) electrons. The first-order valence-electron chi connectivity index (χ1n) is 5.75. The second kappa shape index (κ2) is 7.71. The number of thioether (sulfide) groups is 1. The largest absolute Gasteiger partial charge is 0.385 e. The van der Waals surface area contributed by atoms with Gasteiger partial charge in [0.25, 0.3) is 0 Å². The molecule has 2 nitrogen and oxygen atoms in total. The highest BCUT2D eigenvalue weighted by molar-refractivity contribution is 7.99. The molecule has 1 atom stereocenters. The second-order valence-electron chi connectivity index (χ2n) is 3.75. The fourth-order valence-electron chi connectivity index (χ4n) is 1.52. The van der Waals surface area contributed by atoms with Crippen LogP contribution < -0.4 is 5.73 Å². The van der Waals surface area contributed by atoms with E-state index < -0.39 is 0 Å². The summed E-state index contributed by atoms with van der Waals surface area (Å²) >= 11 is 1.87. The van der Waals surface area contributed by atoms with Crippen LogP contribution in [0.5, 0.6) is 0 Å². The van der Waals surface area contributed by atoms with E-state index in [2.05, 4.69) is 31.2 Å². The minimum atomic E-state index is 0.158. The molecule has 16 heavy (non-hydrogen) atoms. The molecule has 0 aliphatic rings. The van der Waals surface area contributed by atoms with Crippen LogP contribution in [0.15, 0.2) is 29.2 Å². The monoisotopic (exact) mass is 239 g/mol. The fraction of sp³-hybridized carbons (Fsp3) is 0.538. The van der Waals surface area contributed by atoms with Crippen molar-refractivity contribution in [2.75, 3.05) is 19.5 Å². The van der Waals surface area contributed by atoms with Crippen LogP contribution in [-0.4, -0.2) is 19.5 Å². The summed E-state index contributed by atoms with van der Waals surface area (Å²) in [6.07, 6.45) is 2.06. The van der Waals surface area contributed by atoms with Crippen LogP contribution in [0.1, 0.15) is 31.4 Å². The third-order valence-corrected chi connectivity index (χ3v) is 3.68. The first kappa shape index (κ1) is 13.6. The molecule has 0 saturated heterocycles. The molecule has 0 unspecified atom stereocenters. The molecule has 0 aromatic heterocycles. The summed E-state index contributed by atoms with van der Waals surface area (Å²) in [4.78, 5) is 1.31. The van der Waals surface area contributed by atoms with Crippen molar-refractivity contribution >= 4 is 11.8 Å². The Kier molecular flexibility index (Phi) is 6.53. The maximum absolute atomic E-state index is 6.09. The molecule has 1 rings (SSSR count). The predicted molar refractivity (Wildman–Crippen MR) is 70.9 cm³/mol. The Morgan fingerprint density at radius 3 is 2.81 bits per heavy atom. The summed E-state index contributed by atoms with van der Waals surface area (Å²) < 4.78 is 5.04. The maximum atomic E-state index is 6.09. The standard InChI is InChI=1S/C13H21NOS/c1-3-12(14)11-7-4-5-8-13(11)16-10-6-9-15-2/h4-5,7-8,12H,3,6,9-10,14H2,1-2H3/t12-/m0/s1. The Bertz CT molecular complexity index is 304. The molecule has 0 aliphatic heterocycles. The van der Waals surface area contributed by atoms with Crippen molar-refractivity contribution in [2.45, 2.75) is 30.7 Å². The molecule has 0 aliphatic carbocycles. The van der Waals surface area contributed by atoms with E-state index in [-0.39, 0.29) is 6.04 Å². The van der Waals surface area contributed by atoms with Crippen LogP contribution >= 0.6 is 11.8 Å². The zero-order chi connectivity index (χ0) is 11.8. The van der Waals surface area contributed by atoms with Gasteiger partial charge < -0.3 is 10.5 Å². The molecular formula is C13H21NOS. The average Bonchev–Trinajstić information content (AvgIpc) is 2.34. The number of hydrogen-bond donors (Lipinski definition) is 1. The van der Waals surface area contributed by atoms with Crippen molar-refractivity contribution < 1.29 is 4.74 Å². The Balaban J connectivity index is 2.57. The van der Waals surface area contributed by atoms with E-state index in [1.54, 1.807) is 7.11 Å². The van der Waals surface area contributed by atoms with Gasteiger partial charge in [0.1, 0.15) is 0 Å². The van der Waals surface area contributed by atoms with Gasteiger partial charge in [0.05, 0.1) is 0 Å². The quantitative estimate of drug-likeness (QED) is 0.586. The number of hydrogen-bond acceptors (Lipinski definition) is 3. The number of benzene rings is 1. The third-order valence-electron chi connectivity index (χ3n) is 2.51. The van der Waals surface area contributed by atoms with Gasteiger partial charge in [-0.2, -0.15) is 0 Å². The van der Waals surface area contributed by atoms with Crippen molar-refractivity contribution in [3.8, 4) is 0 Å². The van der Waals surface area contributed by atoms with Gasteiger partial charge in [-0.1, -0.05) is 25.1 Å². The molecular weight excluding hydrogens is 218 g/mol. The van der Waals surface area contributed by atoms with E-state index in [0.29, 0.717) is 0 Å². The van der Waals surface area contributed by atoms with E-state index in [1.165, 1.54) is 10.5 Å². The number of methoxy groups -OCH3 is 1. The van der Waals surface area contributed by atoms with E-state index in [4.69, 9.17) is 10.5 Å². The van der Waals surface area contributed by atoms with Crippen molar-refractivity contribution in [1.82, 2.24) is 0 Å². The summed E-state index contributed by atoms with van der Waals surface area (Å²) in [6, 6.07) is 8.58. The average molecular weight is 239 g/mol. The molecule has 1 aromatic carbocycles. The predicted octanol–water partition coefficient (Wildman–Crippen LogP) is 3.23. The Labute approximate surface area is 103 Å². The van der Waals surface area contributed by atoms with Crippen molar-refractivity contribution in [2.24, 2.45) is 5.73 Å². The number of ether oxygens (including phenoxy) is 1. The molecule has 2 N–H and O–H groups in total. The van der Waals surface area contributed by atoms with Crippen molar-refractivity contribution in [1.29, 1.82) is 0 Å². The molecule has 0 saturated carbocycles. The van der Waals surface area contributed by atoms with E-state index in [9.17, 15) is 0 Å². The van der Waals surface area contributed by atoms with Crippen LogP contribution in [0.3, 0.4) is 0 Å². The summed E-state index contributed by atoms with van der Waals surface area (Å²) in [5.74, 6) is 1.08. The fourth-order valence-corrected chi connectivity index (χ4v) is 2.57. The maximum Gasteiger partial charge on any atom is 0.0470 e. The lowest BCUT2D eigenvalue weighted by Gasteiger charge is -2.14. The zero-order valence-electron chi connectivity index (χ0n) is 10.1. The second-order valence-corrected chi connectivity index (χ2v) is 4.88. The highest BCUT2D eigenvalue weighted by atomic mass is 32.2. The van der Waals surface area contributed by atoms with E-state index in [1.807, 2.05) is 11.8 Å². The Hall–Kier alpha value is -0.510. The Morgan fingerprint density at radius 2 is 2.12 bits per heavy atom. The van der Waals surface area contributed by atoms with Crippen LogP contribution in [0.2, 0.25) is 0 Å². The smallest absolute Gasteiger partial charge is 0.0470 e. The molecule has 0 amide bonds. The Morgan fingerprint density at radius 1 is 1.38 bits per heavy atom. The number of rotatable bonds is 7. The lowest BCUT2D eigenvalue weighted by molar-refractivity contribution is 0.200. The summed E-state index contributed by atoms with van der Waals surface area (Å²) in [5, 5.41) is 0. The molecule has 1 aromatic rings. The minimum absolute atomic E-state index is 0.158. The van der Waals surface area contributed by atoms with Crippen LogP contribution in [-0.2, 0) is 4.74 Å². The summed E-state index contributed by atoms with van der Waals surface area (Å²) in [7, 11) is 1.74.